The summed E-state index contributed by atoms with van der Waals surface area (Å²) in [6.45, 7) is 0. The topological polar surface area (TPSA) is 87.0 Å². The predicted molar refractivity (Wildman–Crippen MR) is 83.0 cm³/mol. The maximum Gasteiger partial charge on any atom is 0.201 e. The van der Waals surface area contributed by atoms with Crippen LogP contribution in [0.1, 0.15) is 5.69 Å². The molecule has 1 aromatic carbocycles. The fourth-order valence-electron chi connectivity index (χ4n) is 2.03. The van der Waals surface area contributed by atoms with E-state index in [1.807, 2.05) is 30.3 Å². The van der Waals surface area contributed by atoms with E-state index < -0.39 is 9.84 Å². The highest BCUT2D eigenvalue weighted by molar-refractivity contribution is 7.90. The van der Waals surface area contributed by atoms with Gasteiger partial charge < -0.3 is 4.74 Å². The Hall–Kier alpha value is -2.74. The highest BCUT2D eigenvalue weighted by Crippen LogP contribution is 2.18. The Labute approximate surface area is 133 Å². The molecule has 0 bridgehead atoms. The lowest BCUT2D eigenvalue weighted by atomic mass is 10.3. The van der Waals surface area contributed by atoms with Crippen molar-refractivity contribution in [1.82, 2.24) is 20.0 Å². The van der Waals surface area contributed by atoms with Crippen molar-refractivity contribution in [2.75, 3.05) is 7.11 Å². The fraction of sp³-hybridized carbons (Fsp3) is 0.133. The first-order valence-corrected chi connectivity index (χ1v) is 8.43. The number of aromatic nitrogens is 4. The minimum atomic E-state index is -3.62. The van der Waals surface area contributed by atoms with E-state index in [0.717, 1.165) is 5.69 Å². The van der Waals surface area contributed by atoms with E-state index in [-0.39, 0.29) is 10.8 Å². The quantitative estimate of drug-likeness (QED) is 0.707. The maximum absolute atomic E-state index is 12.4. The number of hydrogen-bond acceptors (Lipinski definition) is 6. The lowest BCUT2D eigenvalue weighted by Gasteiger charge is -2.03. The molecule has 0 radical (unpaired) electrons. The Morgan fingerprint density at radius 2 is 1.96 bits per heavy atom. The highest BCUT2D eigenvalue weighted by atomic mass is 32.2. The van der Waals surface area contributed by atoms with Gasteiger partial charge in [0.2, 0.25) is 9.84 Å². The second-order valence-electron chi connectivity index (χ2n) is 4.78. The number of pyridine rings is 1. The van der Waals surface area contributed by atoms with Crippen molar-refractivity contribution in [1.29, 1.82) is 0 Å². The number of sulfone groups is 1. The summed E-state index contributed by atoms with van der Waals surface area (Å²) in [6, 6.07) is 12.3. The summed E-state index contributed by atoms with van der Waals surface area (Å²) >= 11 is 0. The molecule has 0 aliphatic heterocycles. The van der Waals surface area contributed by atoms with Gasteiger partial charge in [0, 0.05) is 12.3 Å². The summed E-state index contributed by atoms with van der Waals surface area (Å²) in [5, 5.41) is 7.83. The second-order valence-corrected chi connectivity index (χ2v) is 6.72. The van der Waals surface area contributed by atoms with Gasteiger partial charge in [0.05, 0.1) is 24.7 Å². The van der Waals surface area contributed by atoms with E-state index >= 15 is 0 Å². The van der Waals surface area contributed by atoms with Crippen molar-refractivity contribution in [3.8, 4) is 11.4 Å². The van der Waals surface area contributed by atoms with Crippen molar-refractivity contribution in [3.05, 3.63) is 60.6 Å². The second kappa shape index (κ2) is 6.17. The van der Waals surface area contributed by atoms with E-state index in [9.17, 15) is 8.42 Å². The first kappa shape index (κ1) is 15.2. The van der Waals surface area contributed by atoms with E-state index in [4.69, 9.17) is 4.74 Å². The van der Waals surface area contributed by atoms with Gasteiger partial charge in [0.25, 0.3) is 0 Å². The summed E-state index contributed by atoms with van der Waals surface area (Å²) in [5.74, 6) is 0.159. The van der Waals surface area contributed by atoms with Gasteiger partial charge in [-0.15, -0.1) is 5.10 Å². The van der Waals surface area contributed by atoms with Gasteiger partial charge in [-0.3, -0.25) is 0 Å². The fourth-order valence-corrected chi connectivity index (χ4v) is 3.22. The van der Waals surface area contributed by atoms with Crippen LogP contribution in [0.25, 0.3) is 5.69 Å². The number of benzene rings is 1. The highest BCUT2D eigenvalue weighted by Gasteiger charge is 2.20. The first-order valence-electron chi connectivity index (χ1n) is 6.78. The zero-order valence-electron chi connectivity index (χ0n) is 12.3. The molecule has 0 aliphatic rings. The Bertz CT molecular complexity index is 907. The van der Waals surface area contributed by atoms with Crippen LogP contribution in [0, 0.1) is 0 Å². The molecule has 0 atom stereocenters. The number of hydrogen-bond donors (Lipinski definition) is 0. The molecule has 118 valence electrons. The van der Waals surface area contributed by atoms with Crippen molar-refractivity contribution < 1.29 is 13.2 Å². The summed E-state index contributed by atoms with van der Waals surface area (Å²) < 4.78 is 31.4. The number of nitrogens with zero attached hydrogens (tertiary/aromatic N) is 4. The Morgan fingerprint density at radius 1 is 1.17 bits per heavy atom. The van der Waals surface area contributed by atoms with Crippen LogP contribution in [-0.4, -0.2) is 35.5 Å². The lowest BCUT2D eigenvalue weighted by Crippen LogP contribution is -2.07. The molecule has 8 heteroatoms. The SMILES string of the molecule is COc1ccnc(S(=O)(=O)Cc2cn(-c3ccccc3)nn2)c1. The molecule has 3 aromatic rings. The molecule has 0 saturated heterocycles. The molecule has 0 N–H and O–H groups in total. The zero-order chi connectivity index (χ0) is 16.3. The van der Waals surface area contributed by atoms with Crippen molar-refractivity contribution in [2.24, 2.45) is 0 Å². The van der Waals surface area contributed by atoms with Gasteiger partial charge in [-0.1, -0.05) is 23.4 Å². The number of methoxy groups -OCH3 is 1. The minimum Gasteiger partial charge on any atom is -0.497 e. The molecule has 2 heterocycles. The smallest absolute Gasteiger partial charge is 0.201 e. The van der Waals surface area contributed by atoms with Crippen LogP contribution in [0.4, 0.5) is 0 Å². The van der Waals surface area contributed by atoms with Crippen LogP contribution in [0.5, 0.6) is 5.75 Å². The third kappa shape index (κ3) is 3.37. The number of para-hydroxylation sites is 1. The summed E-state index contributed by atoms with van der Waals surface area (Å²) in [4.78, 5) is 3.90. The summed E-state index contributed by atoms with van der Waals surface area (Å²) in [7, 11) is -2.15. The van der Waals surface area contributed by atoms with Gasteiger partial charge in [-0.25, -0.2) is 18.1 Å². The van der Waals surface area contributed by atoms with E-state index in [0.29, 0.717) is 11.4 Å². The van der Waals surface area contributed by atoms with Crippen LogP contribution >= 0.6 is 0 Å². The summed E-state index contributed by atoms with van der Waals surface area (Å²) in [6.07, 6.45) is 2.99. The number of rotatable bonds is 5. The average Bonchev–Trinajstić information content (AvgIpc) is 3.03. The van der Waals surface area contributed by atoms with Gasteiger partial charge in [0.15, 0.2) is 5.03 Å². The van der Waals surface area contributed by atoms with Crippen LogP contribution in [-0.2, 0) is 15.6 Å². The van der Waals surface area contributed by atoms with Gasteiger partial charge in [0.1, 0.15) is 11.5 Å². The van der Waals surface area contributed by atoms with Crippen molar-refractivity contribution in [2.45, 2.75) is 10.8 Å². The Balaban J connectivity index is 1.85. The molecule has 23 heavy (non-hydrogen) atoms. The van der Waals surface area contributed by atoms with Crippen molar-refractivity contribution >= 4 is 9.84 Å². The summed E-state index contributed by atoms with van der Waals surface area (Å²) in [5.41, 5.74) is 1.15. The third-order valence-electron chi connectivity index (χ3n) is 3.16. The molecule has 3 rings (SSSR count). The molecule has 7 nitrogen and oxygen atoms in total. The standard InChI is InChI=1S/C15H14N4O3S/c1-22-14-7-8-16-15(9-14)23(20,21)11-12-10-19(18-17-12)13-5-3-2-4-6-13/h2-10H,11H2,1H3. The van der Waals surface area contributed by atoms with Crippen LogP contribution in [0.15, 0.2) is 59.9 Å². The average molecular weight is 330 g/mol. The molecule has 0 fully saturated rings. The van der Waals surface area contributed by atoms with E-state index in [2.05, 4.69) is 15.3 Å². The van der Waals surface area contributed by atoms with Gasteiger partial charge in [-0.2, -0.15) is 0 Å². The van der Waals surface area contributed by atoms with Crippen LogP contribution in [0.2, 0.25) is 0 Å². The molecule has 0 unspecified atom stereocenters. The van der Waals surface area contributed by atoms with Gasteiger partial charge in [-0.05, 0) is 18.2 Å². The Morgan fingerprint density at radius 3 is 2.70 bits per heavy atom. The minimum absolute atomic E-state index is 0.0499. The number of ether oxygens (including phenoxy) is 1. The normalized spacial score (nSPS) is 11.3. The lowest BCUT2D eigenvalue weighted by molar-refractivity contribution is 0.412. The molecular weight excluding hydrogens is 316 g/mol. The van der Waals surface area contributed by atoms with Crippen LogP contribution < -0.4 is 4.74 Å². The van der Waals surface area contributed by atoms with E-state index in [1.165, 1.54) is 24.1 Å². The molecular formula is C15H14N4O3S. The third-order valence-corrected chi connectivity index (χ3v) is 4.70. The molecule has 0 amide bonds. The first-order chi connectivity index (χ1) is 11.1. The molecule has 0 saturated carbocycles. The van der Waals surface area contributed by atoms with Crippen LogP contribution in [0.3, 0.4) is 0 Å². The largest absolute Gasteiger partial charge is 0.497 e. The maximum atomic E-state index is 12.4. The predicted octanol–water partition coefficient (Wildman–Crippen LogP) is 1.64. The molecule has 0 aliphatic carbocycles. The molecule has 0 spiro atoms. The van der Waals surface area contributed by atoms with E-state index in [1.54, 1.807) is 12.3 Å². The Kier molecular flexibility index (Phi) is 4.07. The monoisotopic (exact) mass is 330 g/mol. The van der Waals surface area contributed by atoms with Crippen molar-refractivity contribution in [3.63, 3.8) is 0 Å². The van der Waals surface area contributed by atoms with Gasteiger partial charge >= 0.3 is 0 Å². The molecule has 2 aromatic heterocycles. The zero-order valence-corrected chi connectivity index (χ0v) is 13.1.